The van der Waals surface area contributed by atoms with Crippen LogP contribution in [0, 0.1) is 10.1 Å². The van der Waals surface area contributed by atoms with E-state index in [-0.39, 0.29) is 29.5 Å². The lowest BCUT2D eigenvalue weighted by Crippen LogP contribution is -2.22. The van der Waals surface area contributed by atoms with Gasteiger partial charge in [0, 0.05) is 29.9 Å². The lowest BCUT2D eigenvalue weighted by atomic mass is 10.1. The highest BCUT2D eigenvalue weighted by molar-refractivity contribution is 6.02. The van der Waals surface area contributed by atoms with E-state index in [4.69, 9.17) is 4.42 Å². The van der Waals surface area contributed by atoms with Gasteiger partial charge in [-0.3, -0.25) is 19.7 Å². The van der Waals surface area contributed by atoms with E-state index in [9.17, 15) is 19.7 Å². The molecule has 0 aliphatic heterocycles. The second-order valence-electron chi connectivity index (χ2n) is 5.62. The normalized spacial score (nSPS) is 10.2. The second-order valence-corrected chi connectivity index (χ2v) is 5.62. The summed E-state index contributed by atoms with van der Waals surface area (Å²) in [6, 6.07) is 15.6. The summed E-state index contributed by atoms with van der Waals surface area (Å²) in [7, 11) is 0. The molecule has 1 heterocycles. The molecule has 0 radical (unpaired) electrons. The van der Waals surface area contributed by atoms with Crippen molar-refractivity contribution in [3.05, 3.63) is 93.9 Å². The van der Waals surface area contributed by atoms with Crippen molar-refractivity contribution in [3.8, 4) is 0 Å². The summed E-state index contributed by atoms with van der Waals surface area (Å²) in [5.41, 5.74) is 1.47. The average molecular weight is 365 g/mol. The van der Waals surface area contributed by atoms with Crippen molar-refractivity contribution in [2.75, 3.05) is 5.32 Å². The third kappa shape index (κ3) is 4.57. The van der Waals surface area contributed by atoms with Crippen LogP contribution in [0.25, 0.3) is 0 Å². The standard InChI is InChI=1S/C19H15N3O5/c23-18(14-3-1-4-16(11-14)22(25)26)20-12-13-6-8-15(9-7-13)21-19(24)17-5-2-10-27-17/h1-11H,12H2,(H,20,23)(H,21,24). The highest BCUT2D eigenvalue weighted by Gasteiger charge is 2.11. The van der Waals surface area contributed by atoms with Crippen LogP contribution in [-0.2, 0) is 6.54 Å². The summed E-state index contributed by atoms with van der Waals surface area (Å²) in [5.74, 6) is -0.552. The van der Waals surface area contributed by atoms with E-state index in [1.165, 1.54) is 30.5 Å². The summed E-state index contributed by atoms with van der Waals surface area (Å²) in [6.07, 6.45) is 1.42. The fourth-order valence-electron chi connectivity index (χ4n) is 2.35. The number of hydrogen-bond acceptors (Lipinski definition) is 5. The summed E-state index contributed by atoms with van der Waals surface area (Å²) < 4.78 is 5.02. The minimum Gasteiger partial charge on any atom is -0.459 e. The van der Waals surface area contributed by atoms with Gasteiger partial charge in [0.2, 0.25) is 0 Å². The van der Waals surface area contributed by atoms with E-state index in [1.54, 1.807) is 36.4 Å². The SMILES string of the molecule is O=C(NCc1ccc(NC(=O)c2ccco2)cc1)c1cccc([N+](=O)[O-])c1. The third-order valence-corrected chi connectivity index (χ3v) is 3.73. The molecule has 0 atom stereocenters. The Bertz CT molecular complexity index is 965. The summed E-state index contributed by atoms with van der Waals surface area (Å²) in [6.45, 7) is 0.244. The molecule has 136 valence electrons. The van der Waals surface area contributed by atoms with Crippen LogP contribution in [0.3, 0.4) is 0 Å². The Morgan fingerprint density at radius 1 is 1.00 bits per heavy atom. The van der Waals surface area contributed by atoms with E-state index in [2.05, 4.69) is 10.6 Å². The molecule has 1 aromatic heterocycles. The van der Waals surface area contributed by atoms with Crippen molar-refractivity contribution in [1.82, 2.24) is 5.32 Å². The number of nitro benzene ring substituents is 1. The van der Waals surface area contributed by atoms with Gasteiger partial charge < -0.3 is 15.1 Å². The quantitative estimate of drug-likeness (QED) is 0.513. The molecule has 8 heteroatoms. The molecule has 0 spiro atoms. The zero-order valence-electron chi connectivity index (χ0n) is 14.0. The Morgan fingerprint density at radius 2 is 1.78 bits per heavy atom. The maximum Gasteiger partial charge on any atom is 0.291 e. The lowest BCUT2D eigenvalue weighted by molar-refractivity contribution is -0.384. The molecule has 8 nitrogen and oxygen atoms in total. The van der Waals surface area contributed by atoms with E-state index in [0.29, 0.717) is 5.69 Å². The zero-order valence-corrected chi connectivity index (χ0v) is 14.0. The molecule has 0 unspecified atom stereocenters. The number of nitrogens with one attached hydrogen (secondary N) is 2. The smallest absolute Gasteiger partial charge is 0.291 e. The first kappa shape index (κ1) is 17.9. The topological polar surface area (TPSA) is 114 Å². The highest BCUT2D eigenvalue weighted by Crippen LogP contribution is 2.14. The van der Waals surface area contributed by atoms with E-state index in [0.717, 1.165) is 5.56 Å². The van der Waals surface area contributed by atoms with Gasteiger partial charge in [0.05, 0.1) is 11.2 Å². The maximum absolute atomic E-state index is 12.1. The first-order valence-corrected chi connectivity index (χ1v) is 7.99. The summed E-state index contributed by atoms with van der Waals surface area (Å²) in [4.78, 5) is 34.3. The second kappa shape index (κ2) is 7.96. The molecule has 0 aliphatic carbocycles. The third-order valence-electron chi connectivity index (χ3n) is 3.73. The van der Waals surface area contributed by atoms with Crippen LogP contribution in [0.4, 0.5) is 11.4 Å². The van der Waals surface area contributed by atoms with Crippen molar-refractivity contribution in [3.63, 3.8) is 0 Å². The number of carbonyl (C=O) groups excluding carboxylic acids is 2. The molecule has 2 amide bonds. The number of nitrogens with zero attached hydrogens (tertiary/aromatic N) is 1. The van der Waals surface area contributed by atoms with Crippen LogP contribution in [0.2, 0.25) is 0 Å². The van der Waals surface area contributed by atoms with Crippen molar-refractivity contribution in [2.24, 2.45) is 0 Å². The number of rotatable bonds is 6. The van der Waals surface area contributed by atoms with E-state index in [1.807, 2.05) is 0 Å². The summed E-state index contributed by atoms with van der Waals surface area (Å²) in [5, 5.41) is 16.2. The molecule has 2 aromatic carbocycles. The van der Waals surface area contributed by atoms with Crippen LogP contribution in [0.15, 0.2) is 71.3 Å². The lowest BCUT2D eigenvalue weighted by Gasteiger charge is -2.07. The van der Waals surface area contributed by atoms with Crippen molar-refractivity contribution >= 4 is 23.2 Å². The fraction of sp³-hybridized carbons (Fsp3) is 0.0526. The van der Waals surface area contributed by atoms with Crippen LogP contribution in [0.1, 0.15) is 26.5 Å². The number of non-ortho nitro benzene ring substituents is 1. The van der Waals surface area contributed by atoms with Gasteiger partial charge in [-0.05, 0) is 35.9 Å². The predicted molar refractivity (Wildman–Crippen MR) is 97.4 cm³/mol. The Hall–Kier alpha value is -3.94. The van der Waals surface area contributed by atoms with Gasteiger partial charge in [0.1, 0.15) is 0 Å². The molecule has 0 saturated heterocycles. The van der Waals surface area contributed by atoms with Gasteiger partial charge in [0.15, 0.2) is 5.76 Å². The van der Waals surface area contributed by atoms with Gasteiger partial charge in [-0.2, -0.15) is 0 Å². The molecule has 3 rings (SSSR count). The highest BCUT2D eigenvalue weighted by atomic mass is 16.6. The van der Waals surface area contributed by atoms with Gasteiger partial charge in [0.25, 0.3) is 17.5 Å². The minimum absolute atomic E-state index is 0.140. The van der Waals surface area contributed by atoms with E-state index < -0.39 is 10.8 Å². The van der Waals surface area contributed by atoms with Crippen LogP contribution >= 0.6 is 0 Å². The molecule has 27 heavy (non-hydrogen) atoms. The summed E-state index contributed by atoms with van der Waals surface area (Å²) >= 11 is 0. The van der Waals surface area contributed by atoms with Gasteiger partial charge >= 0.3 is 0 Å². The molecular weight excluding hydrogens is 350 g/mol. The largest absolute Gasteiger partial charge is 0.459 e. The van der Waals surface area contributed by atoms with Crippen LogP contribution in [0.5, 0.6) is 0 Å². The van der Waals surface area contributed by atoms with Gasteiger partial charge in [-0.1, -0.05) is 18.2 Å². The Labute approximate surface area is 154 Å². The first-order chi connectivity index (χ1) is 13.0. The molecule has 3 aromatic rings. The van der Waals surface area contributed by atoms with Crippen molar-refractivity contribution in [2.45, 2.75) is 6.54 Å². The van der Waals surface area contributed by atoms with Crippen LogP contribution in [-0.4, -0.2) is 16.7 Å². The van der Waals surface area contributed by atoms with Crippen LogP contribution < -0.4 is 10.6 Å². The Balaban J connectivity index is 1.57. The number of carbonyl (C=O) groups is 2. The predicted octanol–water partition coefficient (Wildman–Crippen LogP) is 3.37. The molecular formula is C19H15N3O5. The van der Waals surface area contributed by atoms with Gasteiger partial charge in [-0.25, -0.2) is 0 Å². The number of amides is 2. The molecule has 2 N–H and O–H groups in total. The fourth-order valence-corrected chi connectivity index (χ4v) is 2.35. The van der Waals surface area contributed by atoms with Crippen molar-refractivity contribution < 1.29 is 18.9 Å². The van der Waals surface area contributed by atoms with Crippen molar-refractivity contribution in [1.29, 1.82) is 0 Å². The minimum atomic E-state index is -0.549. The van der Waals surface area contributed by atoms with Gasteiger partial charge in [-0.15, -0.1) is 0 Å². The number of nitro groups is 1. The number of anilines is 1. The maximum atomic E-state index is 12.1. The average Bonchev–Trinajstić information content (AvgIpc) is 3.22. The zero-order chi connectivity index (χ0) is 19.2. The molecule has 0 aliphatic rings. The molecule has 0 saturated carbocycles. The molecule has 0 fully saturated rings. The van der Waals surface area contributed by atoms with E-state index >= 15 is 0 Å². The monoisotopic (exact) mass is 365 g/mol. The number of hydrogen-bond donors (Lipinski definition) is 2. The Kier molecular flexibility index (Phi) is 5.27. The number of furan rings is 1. The molecule has 0 bridgehead atoms. The first-order valence-electron chi connectivity index (χ1n) is 7.99. The number of benzene rings is 2. The Morgan fingerprint density at radius 3 is 2.44 bits per heavy atom.